The second kappa shape index (κ2) is 9.91. The van der Waals surface area contributed by atoms with Gasteiger partial charge in [0.2, 0.25) is 0 Å². The van der Waals surface area contributed by atoms with Crippen molar-refractivity contribution in [1.82, 2.24) is 20.6 Å². The Kier molecular flexibility index (Phi) is 6.77. The Morgan fingerprint density at radius 3 is 2.35 bits per heavy atom. The minimum atomic E-state index is 0.0922. The lowest BCUT2D eigenvalue weighted by molar-refractivity contribution is 0.541. The average Bonchev–Trinajstić information content (AvgIpc) is 3.34. The molecule has 4 aromatic rings. The first-order valence-electron chi connectivity index (χ1n) is 11.6. The van der Waals surface area contributed by atoms with Crippen molar-refractivity contribution in [1.29, 1.82) is 0 Å². The van der Waals surface area contributed by atoms with Gasteiger partial charge in [-0.3, -0.25) is 5.10 Å². The highest BCUT2D eigenvalue weighted by Gasteiger charge is 2.12. The fourth-order valence-electron chi connectivity index (χ4n) is 3.82. The van der Waals surface area contributed by atoms with Crippen LogP contribution in [0.1, 0.15) is 52.8 Å². The standard InChI is InChI=1S/C28H32N6/c1-6-25(21-12-10-17(2)19(4)14-21)31-32-26(29)22-8-7-9-23(16-22)27-30-28(34-33-27)24-13-11-18(3)20(5)15-24/h7-16,25,31H,6H2,1-5H3,(H2,29,32)(H,30,33,34). The summed E-state index contributed by atoms with van der Waals surface area (Å²) < 4.78 is 0. The summed E-state index contributed by atoms with van der Waals surface area (Å²) in [5.74, 6) is 1.79. The summed E-state index contributed by atoms with van der Waals surface area (Å²) in [5, 5.41) is 12.0. The molecule has 0 aliphatic carbocycles. The molecule has 0 bridgehead atoms. The monoisotopic (exact) mass is 452 g/mol. The second-order valence-electron chi connectivity index (χ2n) is 8.82. The first-order valence-corrected chi connectivity index (χ1v) is 11.6. The van der Waals surface area contributed by atoms with E-state index in [2.05, 4.69) is 91.7 Å². The van der Waals surface area contributed by atoms with Crippen molar-refractivity contribution in [3.63, 3.8) is 0 Å². The van der Waals surface area contributed by atoms with E-state index < -0.39 is 0 Å². The Morgan fingerprint density at radius 1 is 0.912 bits per heavy atom. The molecule has 0 saturated carbocycles. The molecule has 6 heteroatoms. The van der Waals surface area contributed by atoms with Gasteiger partial charge in [0.15, 0.2) is 17.5 Å². The lowest BCUT2D eigenvalue weighted by Crippen LogP contribution is -2.22. The molecule has 0 aliphatic rings. The molecule has 4 N–H and O–H groups in total. The molecule has 1 heterocycles. The van der Waals surface area contributed by atoms with Gasteiger partial charge in [-0.05, 0) is 74.1 Å². The third-order valence-corrected chi connectivity index (χ3v) is 6.36. The molecule has 34 heavy (non-hydrogen) atoms. The highest BCUT2D eigenvalue weighted by molar-refractivity contribution is 5.98. The molecule has 0 spiro atoms. The third kappa shape index (κ3) is 5.01. The molecule has 0 fully saturated rings. The molecule has 0 saturated heterocycles. The van der Waals surface area contributed by atoms with E-state index >= 15 is 0 Å². The largest absolute Gasteiger partial charge is 0.382 e. The summed E-state index contributed by atoms with van der Waals surface area (Å²) in [4.78, 5) is 4.70. The fourth-order valence-corrected chi connectivity index (χ4v) is 3.82. The van der Waals surface area contributed by atoms with E-state index in [9.17, 15) is 0 Å². The van der Waals surface area contributed by atoms with E-state index in [0.29, 0.717) is 11.7 Å². The minimum Gasteiger partial charge on any atom is -0.382 e. The minimum absolute atomic E-state index is 0.0922. The van der Waals surface area contributed by atoms with E-state index in [-0.39, 0.29) is 6.04 Å². The molecule has 0 radical (unpaired) electrons. The van der Waals surface area contributed by atoms with Crippen molar-refractivity contribution in [2.24, 2.45) is 10.8 Å². The molecule has 6 nitrogen and oxygen atoms in total. The van der Waals surface area contributed by atoms with Crippen LogP contribution < -0.4 is 11.2 Å². The maximum absolute atomic E-state index is 6.34. The van der Waals surface area contributed by atoms with E-state index in [1.807, 2.05) is 24.3 Å². The molecular formula is C28H32N6. The highest BCUT2D eigenvalue weighted by atomic mass is 15.3. The van der Waals surface area contributed by atoms with Gasteiger partial charge in [0.25, 0.3) is 0 Å². The number of hydrogen-bond donors (Lipinski definition) is 3. The van der Waals surface area contributed by atoms with Crippen LogP contribution in [-0.4, -0.2) is 21.0 Å². The van der Waals surface area contributed by atoms with Crippen LogP contribution in [0.2, 0.25) is 0 Å². The number of amidine groups is 1. The van der Waals surface area contributed by atoms with Crippen molar-refractivity contribution in [2.45, 2.75) is 47.1 Å². The first kappa shape index (κ1) is 23.2. The zero-order valence-electron chi connectivity index (χ0n) is 20.5. The summed E-state index contributed by atoms with van der Waals surface area (Å²) in [6.07, 6.45) is 0.901. The smallest absolute Gasteiger partial charge is 0.181 e. The molecule has 4 rings (SSSR count). The lowest BCUT2D eigenvalue weighted by Gasteiger charge is -2.17. The SMILES string of the molecule is CCC(N/N=C(\N)c1cccc(-c2n[nH]c(-c3ccc(C)c(C)c3)n2)c1)c1ccc(C)c(C)c1. The number of benzene rings is 3. The highest BCUT2D eigenvalue weighted by Crippen LogP contribution is 2.23. The predicted molar refractivity (Wildman–Crippen MR) is 140 cm³/mol. The Morgan fingerprint density at radius 2 is 1.65 bits per heavy atom. The number of H-pyrrole nitrogens is 1. The number of nitrogens with one attached hydrogen (secondary N) is 2. The molecule has 1 atom stereocenters. The zero-order chi connectivity index (χ0) is 24.2. The maximum Gasteiger partial charge on any atom is 0.181 e. The predicted octanol–water partition coefficient (Wildman–Crippen LogP) is 5.73. The quantitative estimate of drug-likeness (QED) is 0.190. The zero-order valence-corrected chi connectivity index (χ0v) is 20.5. The average molecular weight is 453 g/mol. The number of nitrogens with two attached hydrogens (primary N) is 1. The molecular weight excluding hydrogens is 420 g/mol. The van der Waals surface area contributed by atoms with Gasteiger partial charge in [-0.2, -0.15) is 10.2 Å². The van der Waals surface area contributed by atoms with Crippen LogP contribution in [0, 0.1) is 27.7 Å². The molecule has 174 valence electrons. The van der Waals surface area contributed by atoms with Gasteiger partial charge in [0.1, 0.15) is 0 Å². The number of aromatic nitrogens is 3. The number of rotatable bonds is 7. The summed E-state index contributed by atoms with van der Waals surface area (Å²) in [5.41, 5.74) is 18.5. The topological polar surface area (TPSA) is 92.0 Å². The number of nitrogens with zero attached hydrogens (tertiary/aromatic N) is 3. The van der Waals surface area contributed by atoms with Crippen LogP contribution in [0.3, 0.4) is 0 Å². The van der Waals surface area contributed by atoms with E-state index in [1.165, 1.54) is 27.8 Å². The Labute approximate surface area is 201 Å². The third-order valence-electron chi connectivity index (χ3n) is 6.36. The Bertz CT molecular complexity index is 1330. The molecule has 0 amide bonds. The Balaban J connectivity index is 1.53. The fraction of sp³-hybridized carbons (Fsp3) is 0.250. The van der Waals surface area contributed by atoms with E-state index in [4.69, 9.17) is 10.7 Å². The van der Waals surface area contributed by atoms with Crippen molar-refractivity contribution in [3.8, 4) is 22.8 Å². The van der Waals surface area contributed by atoms with Crippen molar-refractivity contribution >= 4 is 5.84 Å². The van der Waals surface area contributed by atoms with Crippen molar-refractivity contribution in [2.75, 3.05) is 0 Å². The van der Waals surface area contributed by atoms with Gasteiger partial charge in [0, 0.05) is 16.7 Å². The first-order chi connectivity index (χ1) is 16.4. The van der Waals surface area contributed by atoms with Crippen LogP contribution >= 0.6 is 0 Å². The number of hydrogen-bond acceptors (Lipinski definition) is 4. The Hall–Kier alpha value is -3.93. The van der Waals surface area contributed by atoms with Gasteiger partial charge < -0.3 is 11.2 Å². The summed E-state index contributed by atoms with van der Waals surface area (Å²) in [7, 11) is 0. The normalized spacial score (nSPS) is 12.6. The van der Waals surface area contributed by atoms with Gasteiger partial charge in [-0.15, -0.1) is 0 Å². The summed E-state index contributed by atoms with van der Waals surface area (Å²) in [6.45, 7) is 10.6. The van der Waals surface area contributed by atoms with Gasteiger partial charge in [-0.25, -0.2) is 4.98 Å². The van der Waals surface area contributed by atoms with Crippen LogP contribution in [0.5, 0.6) is 0 Å². The summed E-state index contributed by atoms with van der Waals surface area (Å²) in [6, 6.07) is 20.7. The molecule has 0 aliphatic heterocycles. The molecule has 3 aromatic carbocycles. The van der Waals surface area contributed by atoms with E-state index in [0.717, 1.165) is 28.9 Å². The van der Waals surface area contributed by atoms with Crippen LogP contribution in [0.4, 0.5) is 0 Å². The molecule has 1 unspecified atom stereocenters. The number of aromatic amines is 1. The van der Waals surface area contributed by atoms with Gasteiger partial charge in [0.05, 0.1) is 6.04 Å². The molecule has 1 aromatic heterocycles. The second-order valence-corrected chi connectivity index (χ2v) is 8.82. The van der Waals surface area contributed by atoms with Crippen LogP contribution in [-0.2, 0) is 0 Å². The van der Waals surface area contributed by atoms with Gasteiger partial charge in [-0.1, -0.05) is 55.5 Å². The van der Waals surface area contributed by atoms with Crippen molar-refractivity contribution in [3.05, 3.63) is 94.0 Å². The number of hydrazone groups is 1. The van der Waals surface area contributed by atoms with E-state index in [1.54, 1.807) is 0 Å². The maximum atomic E-state index is 6.34. The van der Waals surface area contributed by atoms with Crippen LogP contribution in [0.25, 0.3) is 22.8 Å². The van der Waals surface area contributed by atoms with Crippen molar-refractivity contribution < 1.29 is 0 Å². The summed E-state index contributed by atoms with van der Waals surface area (Å²) >= 11 is 0. The van der Waals surface area contributed by atoms with Gasteiger partial charge >= 0.3 is 0 Å². The van der Waals surface area contributed by atoms with Crippen LogP contribution in [0.15, 0.2) is 65.8 Å². The lowest BCUT2D eigenvalue weighted by atomic mass is 10.00. The number of aryl methyl sites for hydroxylation is 4.